The van der Waals surface area contributed by atoms with Crippen molar-refractivity contribution in [2.24, 2.45) is 5.73 Å². The van der Waals surface area contributed by atoms with Crippen LogP contribution in [0.4, 0.5) is 20.5 Å². The Morgan fingerprint density at radius 3 is 1.17 bits per heavy atom. The summed E-state index contributed by atoms with van der Waals surface area (Å²) in [5, 5.41) is 24.8. The second kappa shape index (κ2) is 50.9. The van der Waals surface area contributed by atoms with E-state index in [9.17, 15) is 0 Å². The number of thioether (sulfide) groups is 5. The fourth-order valence-electron chi connectivity index (χ4n) is 8.51. The number of nitrogens with two attached hydrogens (primary N) is 3. The maximum absolute atomic E-state index is 8.18. The van der Waals surface area contributed by atoms with Crippen LogP contribution in [0.2, 0.25) is 0 Å². The van der Waals surface area contributed by atoms with Gasteiger partial charge in [-0.2, -0.15) is 5.26 Å². The molecule has 0 bridgehead atoms. The molecule has 10 aromatic rings. The van der Waals surface area contributed by atoms with Gasteiger partial charge in [0.05, 0.1) is 52.0 Å². The molecule has 0 aromatic carbocycles. The summed E-state index contributed by atoms with van der Waals surface area (Å²) in [6.07, 6.45) is 43.2. The number of nitrogens with one attached hydrogen (secondary N) is 3. The monoisotopic (exact) mass is 1660 g/mol. The van der Waals surface area contributed by atoms with E-state index in [1.165, 1.54) is 140 Å². The molecule has 0 spiro atoms. The number of piperidine rings is 1. The van der Waals surface area contributed by atoms with Crippen molar-refractivity contribution in [1.82, 2.24) is 55.2 Å². The summed E-state index contributed by atoms with van der Waals surface area (Å²) in [5.41, 5.74) is 22.9. The summed E-state index contributed by atoms with van der Waals surface area (Å²) in [6.45, 7) is 2.18. The molecule has 2 saturated carbocycles. The van der Waals surface area contributed by atoms with Crippen LogP contribution in [0.5, 0.6) is 0 Å². The van der Waals surface area contributed by atoms with E-state index in [1.807, 2.05) is 127 Å². The molecule has 11 heterocycles. The van der Waals surface area contributed by atoms with Crippen molar-refractivity contribution in [2.45, 2.75) is 159 Å². The van der Waals surface area contributed by atoms with Crippen LogP contribution in [-0.2, 0) is 28.3 Å². The van der Waals surface area contributed by atoms with Gasteiger partial charge in [0, 0.05) is 127 Å². The molecule has 2 aliphatic carbocycles. The van der Waals surface area contributed by atoms with E-state index in [2.05, 4.69) is 122 Å². The Kier molecular flexibility index (Phi) is 44.6. The van der Waals surface area contributed by atoms with Gasteiger partial charge in [0.25, 0.3) is 0 Å². The van der Waals surface area contributed by atoms with Gasteiger partial charge in [0.15, 0.2) is 24.4 Å². The first-order valence-corrected chi connectivity index (χ1v) is 40.4. The predicted molar refractivity (Wildman–Crippen MR) is 425 cm³/mol. The Balaban J connectivity index is 0.000000242. The highest BCUT2D eigenvalue weighted by molar-refractivity contribution is 9.11. The summed E-state index contributed by atoms with van der Waals surface area (Å²) >= 11 is 23.0. The number of halogens is 3. The molecule has 1 saturated heterocycles. The molecule has 30 heteroatoms. The third-order valence-corrected chi connectivity index (χ3v) is 24.6. The minimum Gasteiger partial charge on any atom is -0.375 e. The van der Waals surface area contributed by atoms with Crippen LogP contribution in [0, 0.1) is 10.7 Å². The van der Waals surface area contributed by atoms with Gasteiger partial charge in [0.2, 0.25) is 0 Å². The molecular formula is C65H84Br3N17S10. The second-order valence-electron chi connectivity index (χ2n) is 20.3. The Morgan fingerprint density at radius 1 is 0.474 bits per heavy atom. The number of nitrogens with zero attached hydrogens (tertiary/aromatic N) is 11. The Morgan fingerprint density at radius 2 is 0.832 bits per heavy atom. The molecule has 9 N–H and O–H groups in total. The molecular weight excluding hydrogens is 1580 g/mol. The zero-order chi connectivity index (χ0) is 64.5. The molecule has 0 amide bonds. The molecule has 10 aromatic heterocycles. The standard InChI is InChI=1S/C15H19N3S2.C14H18N4S2.C9H7BrN2S2.C9H9N3S2.C6H6BrN.C6H13N.C4H3N3S2.2CH4.BrH/c1-2-4-13(5-3-1)18-15-17-10-14(20-15)19-11-12-6-8-16-9-7-12;1-2-12(8-16-5-1)18-14-17-9-13(20-14)19-10-11-3-6-15-7-4-11;2*10-9-12-5-8(14-9)13-6-7-1-3-11-4-2-7;7-5-6-1-3-8-4-2-6;7-6-4-2-1-3-5-6;5-2-8-3-1-7-4(6)9-3;;;/h6-10,13H,1-5,11H2,(H,17,18);3-4,6-7,9,12,16H,1-2,5,8,10H2,(H,17,18);1-5H,6H2;1-5H,6H2,(H2,10,12);1-4H,5H2;6H,1-5,7H2;1H,(H2,6,7);2*1H4;1H/t;12-;;;;;;;;/m.1......../s1. The first-order valence-electron chi connectivity index (χ1n) is 29.7. The average Bonchev–Trinajstić information content (AvgIpc) is 2.12. The molecule has 3 fully saturated rings. The van der Waals surface area contributed by atoms with E-state index in [4.69, 9.17) is 22.5 Å². The summed E-state index contributed by atoms with van der Waals surface area (Å²) in [4.78, 5) is 40.7. The van der Waals surface area contributed by atoms with Crippen LogP contribution < -0.4 is 33.2 Å². The lowest BCUT2D eigenvalue weighted by Gasteiger charge is -2.23. The van der Waals surface area contributed by atoms with E-state index in [0.29, 0.717) is 28.4 Å². The lowest BCUT2D eigenvalue weighted by Crippen LogP contribution is -2.38. The van der Waals surface area contributed by atoms with Crippen molar-refractivity contribution in [3.05, 3.63) is 185 Å². The largest absolute Gasteiger partial charge is 0.375 e. The van der Waals surface area contributed by atoms with Crippen molar-refractivity contribution in [3.63, 3.8) is 0 Å². The Hall–Kier alpha value is -4.30. The minimum absolute atomic E-state index is 0. The zero-order valence-electron chi connectivity index (χ0n) is 51.0. The van der Waals surface area contributed by atoms with Gasteiger partial charge in [0.1, 0.15) is 5.40 Å². The lowest BCUT2D eigenvalue weighted by molar-refractivity contribution is 0.441. The molecule has 3 aliphatic rings. The van der Waals surface area contributed by atoms with Crippen LogP contribution in [0.15, 0.2) is 179 Å². The van der Waals surface area contributed by atoms with Crippen molar-refractivity contribution in [2.75, 3.05) is 35.2 Å². The maximum Gasteiger partial charge on any atom is 0.183 e. The number of nitrogen functional groups attached to an aromatic ring is 2. The molecule has 0 unspecified atom stereocenters. The van der Waals surface area contributed by atoms with E-state index in [-0.39, 0.29) is 31.8 Å². The van der Waals surface area contributed by atoms with Crippen molar-refractivity contribution >= 4 is 185 Å². The highest BCUT2D eigenvalue weighted by Crippen LogP contribution is 2.35. The maximum atomic E-state index is 8.18. The van der Waals surface area contributed by atoms with Gasteiger partial charge in [-0.3, -0.25) is 24.9 Å². The molecule has 95 heavy (non-hydrogen) atoms. The van der Waals surface area contributed by atoms with Gasteiger partial charge >= 0.3 is 0 Å². The van der Waals surface area contributed by atoms with E-state index in [1.54, 1.807) is 88.5 Å². The van der Waals surface area contributed by atoms with Crippen LogP contribution in [0.3, 0.4) is 0 Å². The Bertz CT molecular complexity index is 3340. The number of hydrogen-bond acceptors (Lipinski definition) is 27. The first-order chi connectivity index (χ1) is 45.1. The molecule has 13 rings (SSSR count). The summed E-state index contributed by atoms with van der Waals surface area (Å²) in [5.74, 6) is 3.85. The molecule has 17 nitrogen and oxygen atoms in total. The lowest BCUT2D eigenvalue weighted by atomic mass is 9.96. The zero-order valence-corrected chi connectivity index (χ0v) is 64.0. The Labute approximate surface area is 629 Å². The van der Waals surface area contributed by atoms with Crippen LogP contribution in [-0.4, -0.2) is 81.1 Å². The minimum atomic E-state index is 0. The number of aromatic nitrogens is 10. The number of thiocyanates is 1. The van der Waals surface area contributed by atoms with Crippen LogP contribution >= 0.6 is 164 Å². The number of alkyl halides is 1. The number of nitriles is 1. The summed E-state index contributed by atoms with van der Waals surface area (Å²) in [7, 11) is 0. The number of hydrogen-bond donors (Lipinski definition) is 6. The number of pyridine rings is 5. The van der Waals surface area contributed by atoms with Gasteiger partial charge in [-0.05, 0) is 149 Å². The second-order valence-corrected chi connectivity index (χ2v) is 33.5. The normalized spacial score (nSPS) is 13.9. The SMILES string of the molecule is Br.BrCc1ccncc1.Brc1ncc(SCc2ccncc2)s1.C.C.N#CSc1cnc(N)s1.NC1CCCCC1.Nc1ncc(SCc2ccncc2)s1.c1cc(CSc2cnc(NC3CCCCC3)s2)ccn1.c1cc(CSc2cnc(N[C@@H]3CCCNC3)s2)ccn1. The third-order valence-electron chi connectivity index (χ3n) is 13.2. The van der Waals surface area contributed by atoms with Gasteiger partial charge in [-0.25, -0.2) is 24.9 Å². The molecule has 1 atom stereocenters. The van der Waals surface area contributed by atoms with E-state index >= 15 is 0 Å². The first kappa shape index (κ1) is 83.1. The fraction of sp³-hybridized carbons (Fsp3) is 0.369. The smallest absolute Gasteiger partial charge is 0.183 e. The van der Waals surface area contributed by atoms with Crippen molar-refractivity contribution < 1.29 is 0 Å². The van der Waals surface area contributed by atoms with Crippen LogP contribution in [0.1, 0.15) is 120 Å². The summed E-state index contributed by atoms with van der Waals surface area (Å²) < 4.78 is 6.70. The third kappa shape index (κ3) is 36.4. The topological polar surface area (TPSA) is 267 Å². The predicted octanol–water partition coefficient (Wildman–Crippen LogP) is 20.0. The number of anilines is 4. The highest BCUT2D eigenvalue weighted by atomic mass is 79.9. The quantitative estimate of drug-likeness (QED) is 0.0265. The van der Waals surface area contributed by atoms with E-state index in [0.717, 1.165) is 75.8 Å². The number of thiazole rings is 5. The van der Waals surface area contributed by atoms with E-state index < -0.39 is 0 Å². The highest BCUT2D eigenvalue weighted by Gasteiger charge is 2.16. The molecule has 1 aliphatic heterocycles. The number of rotatable bonds is 18. The van der Waals surface area contributed by atoms with Crippen LogP contribution in [0.25, 0.3) is 0 Å². The van der Waals surface area contributed by atoms with Gasteiger partial charge in [-0.15, -0.1) is 75.4 Å². The van der Waals surface area contributed by atoms with Gasteiger partial charge in [-0.1, -0.05) is 115 Å². The molecule has 0 radical (unpaired) electrons. The van der Waals surface area contributed by atoms with Gasteiger partial charge < -0.3 is 33.2 Å². The summed E-state index contributed by atoms with van der Waals surface area (Å²) in [6, 6.07) is 22.0. The fourth-order valence-corrected chi connectivity index (χ4v) is 18.2. The molecule has 510 valence electrons. The van der Waals surface area contributed by atoms with Crippen molar-refractivity contribution in [3.8, 4) is 5.40 Å². The van der Waals surface area contributed by atoms with Crippen molar-refractivity contribution in [1.29, 1.82) is 5.26 Å². The average molecular weight is 1660 g/mol.